The molecular formula is C18H32BN4O6. The van der Waals surface area contributed by atoms with Crippen molar-refractivity contribution in [2.24, 2.45) is 0 Å². The van der Waals surface area contributed by atoms with Gasteiger partial charge in [0.15, 0.2) is 0 Å². The third-order valence-corrected chi connectivity index (χ3v) is 4.76. The van der Waals surface area contributed by atoms with Gasteiger partial charge in [-0.1, -0.05) is 30.0 Å². The van der Waals surface area contributed by atoms with E-state index in [-0.39, 0.29) is 19.1 Å². The zero-order valence-corrected chi connectivity index (χ0v) is 16.9. The molecular weight excluding hydrogens is 379 g/mol. The van der Waals surface area contributed by atoms with E-state index >= 15 is 0 Å². The Kier molecular flexibility index (Phi) is 11.2. The normalized spacial score (nSPS) is 16.7. The number of unbranched alkanes of at least 4 members (excludes halogenated alkanes) is 1. The van der Waals surface area contributed by atoms with Crippen molar-refractivity contribution in [3.63, 3.8) is 0 Å². The third kappa shape index (κ3) is 10.2. The molecule has 163 valence electrons. The third-order valence-electron chi connectivity index (χ3n) is 4.76. The molecule has 0 saturated carbocycles. The number of imidazole rings is 1. The van der Waals surface area contributed by atoms with Gasteiger partial charge < -0.3 is 29.8 Å². The van der Waals surface area contributed by atoms with E-state index in [0.717, 1.165) is 25.2 Å². The fourth-order valence-corrected chi connectivity index (χ4v) is 3.15. The number of hydrogen-bond donors (Lipinski definition) is 2. The van der Waals surface area contributed by atoms with Crippen molar-refractivity contribution in [2.45, 2.75) is 44.0 Å². The van der Waals surface area contributed by atoms with Crippen LogP contribution in [-0.4, -0.2) is 95.6 Å². The zero-order valence-electron chi connectivity index (χ0n) is 16.9. The Morgan fingerprint density at radius 3 is 2.76 bits per heavy atom. The maximum atomic E-state index is 11.0. The van der Waals surface area contributed by atoms with Crippen LogP contribution in [0.2, 0.25) is 12.1 Å². The molecule has 0 amide bonds. The molecule has 0 aromatic carbocycles. The van der Waals surface area contributed by atoms with Crippen LogP contribution in [0.4, 0.5) is 5.95 Å². The van der Waals surface area contributed by atoms with Crippen LogP contribution in [0.3, 0.4) is 0 Å². The van der Waals surface area contributed by atoms with Crippen LogP contribution in [0.1, 0.15) is 19.3 Å². The van der Waals surface area contributed by atoms with E-state index in [9.17, 15) is 15.2 Å². The maximum Gasteiger partial charge on any atom is 0.434 e. The number of aliphatic hydroxyl groups excluding tert-OH is 2. The Morgan fingerprint density at radius 1 is 1.31 bits per heavy atom. The largest absolute Gasteiger partial charge is 0.434 e. The van der Waals surface area contributed by atoms with Gasteiger partial charge >= 0.3 is 5.95 Å². The molecule has 1 aromatic rings. The highest BCUT2D eigenvalue weighted by Gasteiger charge is 2.22. The first-order chi connectivity index (χ1) is 14.1. The molecule has 2 N–H and O–H groups in total. The van der Waals surface area contributed by atoms with E-state index in [0.29, 0.717) is 39.5 Å². The van der Waals surface area contributed by atoms with Gasteiger partial charge in [0.2, 0.25) is 0 Å². The van der Waals surface area contributed by atoms with Gasteiger partial charge in [-0.3, -0.25) is 4.90 Å². The van der Waals surface area contributed by atoms with E-state index in [4.69, 9.17) is 14.6 Å². The molecule has 1 radical (unpaired) electrons. The lowest BCUT2D eigenvalue weighted by Crippen LogP contribution is -2.37. The number of nitrogens with zero attached hydrogens (tertiary/aromatic N) is 4. The van der Waals surface area contributed by atoms with Gasteiger partial charge in [0, 0.05) is 13.1 Å². The molecule has 11 heteroatoms. The number of ether oxygens (including phenoxy) is 2. The summed E-state index contributed by atoms with van der Waals surface area (Å²) < 4.78 is 12.1. The first kappa shape index (κ1) is 23.8. The molecule has 2 rings (SSSR count). The Labute approximate surface area is 172 Å². The molecule has 2 heterocycles. The highest BCUT2D eigenvalue weighted by Crippen LogP contribution is 2.32. The predicted molar refractivity (Wildman–Crippen MR) is 108 cm³/mol. The van der Waals surface area contributed by atoms with E-state index in [1.165, 1.54) is 29.7 Å². The average molecular weight is 411 g/mol. The summed E-state index contributed by atoms with van der Waals surface area (Å²) in [4.78, 5) is 16.3. The van der Waals surface area contributed by atoms with E-state index in [1.54, 1.807) is 0 Å². The Morgan fingerprint density at radius 2 is 2.07 bits per heavy atom. The van der Waals surface area contributed by atoms with Crippen LogP contribution in [0.5, 0.6) is 0 Å². The fourth-order valence-electron chi connectivity index (χ4n) is 3.15. The smallest absolute Gasteiger partial charge is 0.394 e. The van der Waals surface area contributed by atoms with Crippen molar-refractivity contribution in [3.8, 4) is 0 Å². The molecule has 0 bridgehead atoms. The minimum absolute atomic E-state index is 0.000635. The van der Waals surface area contributed by atoms with Crippen molar-refractivity contribution in [1.29, 1.82) is 0 Å². The first-order valence-electron chi connectivity index (χ1n) is 10.3. The Bertz CT molecular complexity index is 586. The van der Waals surface area contributed by atoms with Gasteiger partial charge in [0.05, 0.1) is 45.7 Å². The van der Waals surface area contributed by atoms with Gasteiger partial charge in [-0.15, -0.1) is 0 Å². The number of hydrogen-bond acceptors (Lipinski definition) is 8. The second-order valence-corrected chi connectivity index (χ2v) is 7.27. The van der Waals surface area contributed by atoms with Crippen LogP contribution in [0.25, 0.3) is 0 Å². The maximum absolute atomic E-state index is 11.0. The van der Waals surface area contributed by atoms with Gasteiger partial charge in [-0.2, -0.15) is 0 Å². The van der Waals surface area contributed by atoms with Crippen LogP contribution in [0.15, 0.2) is 12.4 Å². The standard InChI is InChI=1S/C18H32BN4O6/c24-8-10-29-12-11-28-9-7-21(5-2-1-3-16-13-19-16)14-17(25)15-22-6-4-20-18(22)23(26)27/h4,6,16-17,24-25H,1-3,5,7-15H2. The second kappa shape index (κ2) is 13.7. The van der Waals surface area contributed by atoms with Crippen LogP contribution >= 0.6 is 0 Å². The van der Waals surface area contributed by atoms with Crippen LogP contribution in [0, 0.1) is 10.1 Å². The molecule has 1 aliphatic rings. The van der Waals surface area contributed by atoms with Crippen molar-refractivity contribution in [3.05, 3.63) is 22.5 Å². The highest BCUT2D eigenvalue weighted by atomic mass is 16.6. The van der Waals surface area contributed by atoms with Gasteiger partial charge in [-0.25, -0.2) is 4.57 Å². The second-order valence-electron chi connectivity index (χ2n) is 7.27. The van der Waals surface area contributed by atoms with Crippen molar-refractivity contribution in [1.82, 2.24) is 14.5 Å². The molecule has 1 aliphatic heterocycles. The zero-order chi connectivity index (χ0) is 20.9. The molecule has 29 heavy (non-hydrogen) atoms. The molecule has 1 aromatic heterocycles. The van der Waals surface area contributed by atoms with Crippen LogP contribution in [-0.2, 0) is 16.0 Å². The van der Waals surface area contributed by atoms with Crippen molar-refractivity contribution < 1.29 is 24.6 Å². The SMILES string of the molecule is O=[N+]([O-])c1nccn1CC(O)CN(CCCCC1[B]C1)CCOCCOCCO. The average Bonchev–Trinajstić information content (AvgIpc) is 3.40. The summed E-state index contributed by atoms with van der Waals surface area (Å²) in [5, 5.41) is 30.1. The number of aromatic nitrogens is 2. The Balaban J connectivity index is 1.72. The molecule has 2 unspecified atom stereocenters. The van der Waals surface area contributed by atoms with Gasteiger partial charge in [0.25, 0.3) is 0 Å². The van der Waals surface area contributed by atoms with Crippen LogP contribution < -0.4 is 0 Å². The van der Waals surface area contributed by atoms with Crippen molar-refractivity contribution in [2.75, 3.05) is 52.7 Å². The Hall–Kier alpha value is -1.53. The quantitative estimate of drug-likeness (QED) is 0.156. The van der Waals surface area contributed by atoms with E-state index < -0.39 is 11.0 Å². The van der Waals surface area contributed by atoms with Crippen molar-refractivity contribution >= 4 is 13.2 Å². The summed E-state index contributed by atoms with van der Waals surface area (Å²) in [5.74, 6) is 0.528. The lowest BCUT2D eigenvalue weighted by atomic mass is 9.98. The lowest BCUT2D eigenvalue weighted by molar-refractivity contribution is -0.397. The number of aliphatic hydroxyl groups is 2. The fraction of sp³-hybridized carbons (Fsp3) is 0.833. The molecule has 1 saturated heterocycles. The monoisotopic (exact) mass is 411 g/mol. The molecule has 1 fully saturated rings. The number of rotatable bonds is 18. The molecule has 10 nitrogen and oxygen atoms in total. The molecule has 0 spiro atoms. The summed E-state index contributed by atoms with van der Waals surface area (Å²) in [5.41, 5.74) is 0. The summed E-state index contributed by atoms with van der Waals surface area (Å²) in [6, 6.07) is 0. The summed E-state index contributed by atoms with van der Waals surface area (Å²) >= 11 is 0. The lowest BCUT2D eigenvalue weighted by Gasteiger charge is -2.24. The molecule has 2 atom stereocenters. The van der Waals surface area contributed by atoms with E-state index in [2.05, 4.69) is 17.2 Å². The summed E-state index contributed by atoms with van der Waals surface area (Å²) in [6.45, 7) is 3.75. The minimum Gasteiger partial charge on any atom is -0.394 e. The minimum atomic E-state index is -0.743. The summed E-state index contributed by atoms with van der Waals surface area (Å²) in [7, 11) is 2.33. The highest BCUT2D eigenvalue weighted by molar-refractivity contribution is 6.50. The summed E-state index contributed by atoms with van der Waals surface area (Å²) in [6.07, 6.45) is 6.78. The van der Waals surface area contributed by atoms with Gasteiger partial charge in [-0.05, 0) is 17.9 Å². The van der Waals surface area contributed by atoms with Gasteiger partial charge in [0.1, 0.15) is 19.7 Å². The number of nitro groups is 1. The first-order valence-corrected chi connectivity index (χ1v) is 10.3. The predicted octanol–water partition coefficient (Wildman–Crippen LogP) is 0.575. The van der Waals surface area contributed by atoms with E-state index in [1.807, 2.05) is 0 Å². The topological polar surface area (TPSA) is 123 Å². The molecule has 0 aliphatic carbocycles.